The zero-order valence-electron chi connectivity index (χ0n) is 14.3. The van der Waals surface area contributed by atoms with E-state index in [-0.39, 0.29) is 11.9 Å². The molecule has 4 rings (SSSR count). The minimum Gasteiger partial charge on any atom is -0.496 e. The van der Waals surface area contributed by atoms with E-state index < -0.39 is 4.92 Å². The molecule has 0 aliphatic carbocycles. The van der Waals surface area contributed by atoms with Gasteiger partial charge in [-0.1, -0.05) is 9.61 Å². The Morgan fingerprint density at radius 1 is 1.46 bits per heavy atom. The SMILES string of the molecule is COc1cc2c(cc1CNc1ccc3ncc([N+](=O)[O-])n3n1)OC(C)C2. The van der Waals surface area contributed by atoms with Crippen LogP contribution in [0, 0.1) is 10.1 Å². The number of nitro groups is 1. The summed E-state index contributed by atoms with van der Waals surface area (Å²) in [4.78, 5) is 14.5. The number of nitrogens with one attached hydrogen (secondary N) is 1. The third-order valence-electron chi connectivity index (χ3n) is 4.29. The monoisotopic (exact) mass is 355 g/mol. The number of hydrogen-bond donors (Lipinski definition) is 1. The molecule has 3 heterocycles. The van der Waals surface area contributed by atoms with Gasteiger partial charge in [0.15, 0.2) is 5.82 Å². The fourth-order valence-corrected chi connectivity index (χ4v) is 3.08. The van der Waals surface area contributed by atoms with Crippen molar-refractivity contribution in [3.63, 3.8) is 0 Å². The molecule has 1 unspecified atom stereocenters. The highest BCUT2D eigenvalue weighted by Gasteiger charge is 2.22. The first kappa shape index (κ1) is 16.1. The largest absolute Gasteiger partial charge is 0.496 e. The summed E-state index contributed by atoms with van der Waals surface area (Å²) in [6, 6.07) is 7.35. The quantitative estimate of drug-likeness (QED) is 0.554. The zero-order valence-corrected chi connectivity index (χ0v) is 14.3. The lowest BCUT2D eigenvalue weighted by atomic mass is 10.1. The van der Waals surface area contributed by atoms with Gasteiger partial charge in [0.05, 0.1) is 7.11 Å². The minimum atomic E-state index is -0.515. The van der Waals surface area contributed by atoms with E-state index in [1.165, 1.54) is 10.7 Å². The molecule has 1 atom stereocenters. The van der Waals surface area contributed by atoms with Crippen LogP contribution in [0.2, 0.25) is 0 Å². The van der Waals surface area contributed by atoms with Crippen LogP contribution in [0.25, 0.3) is 5.65 Å². The van der Waals surface area contributed by atoms with Gasteiger partial charge in [-0.05, 0) is 30.0 Å². The van der Waals surface area contributed by atoms with Crippen LogP contribution < -0.4 is 14.8 Å². The van der Waals surface area contributed by atoms with E-state index in [0.717, 1.165) is 29.0 Å². The van der Waals surface area contributed by atoms with E-state index in [1.54, 1.807) is 19.2 Å². The summed E-state index contributed by atoms with van der Waals surface area (Å²) in [6.07, 6.45) is 2.21. The highest BCUT2D eigenvalue weighted by atomic mass is 16.6. The summed E-state index contributed by atoms with van der Waals surface area (Å²) in [7, 11) is 1.63. The number of methoxy groups -OCH3 is 1. The highest BCUT2D eigenvalue weighted by Crippen LogP contribution is 2.35. The second-order valence-corrected chi connectivity index (χ2v) is 6.12. The summed E-state index contributed by atoms with van der Waals surface area (Å²) >= 11 is 0. The van der Waals surface area contributed by atoms with Crippen LogP contribution in [-0.2, 0) is 13.0 Å². The maximum absolute atomic E-state index is 11.0. The van der Waals surface area contributed by atoms with Gasteiger partial charge < -0.3 is 24.9 Å². The molecule has 134 valence electrons. The van der Waals surface area contributed by atoms with Crippen molar-refractivity contribution in [2.75, 3.05) is 12.4 Å². The van der Waals surface area contributed by atoms with Gasteiger partial charge in [0.25, 0.3) is 0 Å². The molecule has 2 aromatic heterocycles. The molecule has 0 saturated carbocycles. The number of rotatable bonds is 5. The number of ether oxygens (including phenoxy) is 2. The Bertz CT molecular complexity index is 1000. The van der Waals surface area contributed by atoms with Crippen molar-refractivity contribution in [3.05, 3.63) is 51.7 Å². The van der Waals surface area contributed by atoms with Gasteiger partial charge in [0.1, 0.15) is 23.8 Å². The topological polar surface area (TPSA) is 104 Å². The van der Waals surface area contributed by atoms with Crippen LogP contribution >= 0.6 is 0 Å². The molecule has 1 aliphatic rings. The number of benzene rings is 1. The van der Waals surface area contributed by atoms with Crippen LogP contribution in [0.15, 0.2) is 30.5 Å². The molecule has 26 heavy (non-hydrogen) atoms. The predicted molar refractivity (Wildman–Crippen MR) is 93.8 cm³/mol. The lowest BCUT2D eigenvalue weighted by Crippen LogP contribution is -2.07. The lowest BCUT2D eigenvalue weighted by Gasteiger charge is -2.12. The summed E-state index contributed by atoms with van der Waals surface area (Å²) in [5, 5.41) is 18.4. The number of anilines is 1. The molecule has 9 nitrogen and oxygen atoms in total. The summed E-state index contributed by atoms with van der Waals surface area (Å²) < 4.78 is 12.5. The van der Waals surface area contributed by atoms with Crippen LogP contribution in [0.5, 0.6) is 11.5 Å². The second kappa shape index (κ2) is 6.17. The van der Waals surface area contributed by atoms with E-state index >= 15 is 0 Å². The van der Waals surface area contributed by atoms with Crippen molar-refractivity contribution >= 4 is 17.3 Å². The van der Waals surface area contributed by atoms with Gasteiger partial charge in [-0.3, -0.25) is 0 Å². The summed E-state index contributed by atoms with van der Waals surface area (Å²) in [5.74, 6) is 1.95. The molecule has 1 aromatic carbocycles. The van der Waals surface area contributed by atoms with Crippen LogP contribution in [0.4, 0.5) is 11.6 Å². The fourth-order valence-electron chi connectivity index (χ4n) is 3.08. The van der Waals surface area contributed by atoms with Crippen molar-refractivity contribution in [2.45, 2.75) is 26.0 Å². The number of nitrogens with zero attached hydrogens (tertiary/aromatic N) is 4. The third kappa shape index (κ3) is 2.77. The highest BCUT2D eigenvalue weighted by molar-refractivity contribution is 5.51. The van der Waals surface area contributed by atoms with Crippen LogP contribution in [-0.4, -0.2) is 32.7 Å². The molecule has 0 bridgehead atoms. The second-order valence-electron chi connectivity index (χ2n) is 6.12. The Hall–Kier alpha value is -3.36. The van der Waals surface area contributed by atoms with Crippen molar-refractivity contribution < 1.29 is 14.4 Å². The standard InChI is InChI=1S/C17H17N5O4/c1-10-5-11-6-13(25-2)12(7-14(11)26-10)8-18-15-3-4-16-19-9-17(22(23)24)21(16)20-15/h3-4,6-7,9-10H,5,8H2,1-2H3,(H,18,20). The van der Waals surface area contributed by atoms with E-state index in [4.69, 9.17) is 9.47 Å². The van der Waals surface area contributed by atoms with Gasteiger partial charge in [0, 0.05) is 30.2 Å². The average molecular weight is 355 g/mol. The Morgan fingerprint density at radius 3 is 3.08 bits per heavy atom. The molecule has 0 amide bonds. The molecule has 1 N–H and O–H groups in total. The van der Waals surface area contributed by atoms with E-state index in [0.29, 0.717) is 18.0 Å². The summed E-state index contributed by atoms with van der Waals surface area (Å²) in [6.45, 7) is 2.47. The molecule has 9 heteroatoms. The van der Waals surface area contributed by atoms with Gasteiger partial charge in [-0.25, -0.2) is 4.98 Å². The smallest absolute Gasteiger partial charge is 0.368 e. The van der Waals surface area contributed by atoms with Crippen molar-refractivity contribution in [2.24, 2.45) is 0 Å². The lowest BCUT2D eigenvalue weighted by molar-refractivity contribution is -0.391. The fraction of sp³-hybridized carbons (Fsp3) is 0.294. The first-order valence-electron chi connectivity index (χ1n) is 8.14. The minimum absolute atomic E-state index is 0.156. The van der Waals surface area contributed by atoms with Crippen molar-refractivity contribution in [1.82, 2.24) is 14.6 Å². The summed E-state index contributed by atoms with van der Waals surface area (Å²) in [5.41, 5.74) is 2.47. The number of imidazole rings is 1. The van der Waals surface area contributed by atoms with Crippen molar-refractivity contribution in [1.29, 1.82) is 0 Å². The first-order valence-corrected chi connectivity index (χ1v) is 8.14. The third-order valence-corrected chi connectivity index (χ3v) is 4.29. The molecular weight excluding hydrogens is 338 g/mol. The number of aromatic nitrogens is 3. The van der Waals surface area contributed by atoms with E-state index in [9.17, 15) is 10.1 Å². The van der Waals surface area contributed by atoms with Crippen LogP contribution in [0.3, 0.4) is 0 Å². The Labute approximate surface area is 148 Å². The van der Waals surface area contributed by atoms with Gasteiger partial charge in [-0.2, -0.15) is 0 Å². The van der Waals surface area contributed by atoms with E-state index in [1.807, 2.05) is 19.1 Å². The van der Waals surface area contributed by atoms with Gasteiger partial charge in [-0.15, -0.1) is 0 Å². The Balaban J connectivity index is 1.59. The molecular formula is C17H17N5O4. The van der Waals surface area contributed by atoms with Gasteiger partial charge >= 0.3 is 5.82 Å². The molecule has 0 saturated heterocycles. The Morgan fingerprint density at radius 2 is 2.31 bits per heavy atom. The first-order chi connectivity index (χ1) is 12.5. The van der Waals surface area contributed by atoms with E-state index in [2.05, 4.69) is 15.4 Å². The zero-order chi connectivity index (χ0) is 18.3. The van der Waals surface area contributed by atoms with Gasteiger partial charge in [0.2, 0.25) is 5.65 Å². The molecule has 0 fully saturated rings. The maximum atomic E-state index is 11.0. The molecule has 3 aromatic rings. The number of hydrogen-bond acceptors (Lipinski definition) is 7. The molecule has 0 radical (unpaired) electrons. The normalized spacial score (nSPS) is 15.5. The number of fused-ring (bicyclic) bond motifs is 2. The van der Waals surface area contributed by atoms with Crippen molar-refractivity contribution in [3.8, 4) is 11.5 Å². The van der Waals surface area contributed by atoms with Crippen LogP contribution in [0.1, 0.15) is 18.1 Å². The predicted octanol–water partition coefficient (Wildman–Crippen LogP) is 2.58. The molecule has 1 aliphatic heterocycles. The Kier molecular flexibility index (Phi) is 3.83. The maximum Gasteiger partial charge on any atom is 0.368 e. The average Bonchev–Trinajstić information content (AvgIpc) is 3.20. The molecule has 0 spiro atoms.